The second kappa shape index (κ2) is 7.56. The number of nitrogens with zero attached hydrogens (tertiary/aromatic N) is 1. The van der Waals surface area contributed by atoms with E-state index in [1.807, 2.05) is 24.3 Å². The lowest BCUT2D eigenvalue weighted by Gasteiger charge is -2.10. The Morgan fingerprint density at radius 3 is 1.67 bits per heavy atom. The molecule has 0 bridgehead atoms. The molecule has 24 heavy (non-hydrogen) atoms. The highest BCUT2D eigenvalue weighted by atomic mass is 79.9. The Hall–Kier alpha value is -0.880. The Bertz CT molecular complexity index is 836. The van der Waals surface area contributed by atoms with Crippen LogP contribution in [0.5, 0.6) is 0 Å². The molecule has 1 aromatic heterocycles. The van der Waals surface area contributed by atoms with Crippen LogP contribution in [-0.2, 0) is 6.54 Å². The zero-order valence-electron chi connectivity index (χ0n) is 13.3. The quantitative estimate of drug-likeness (QED) is 0.375. The summed E-state index contributed by atoms with van der Waals surface area (Å²) >= 11 is 10.7. The van der Waals surface area contributed by atoms with E-state index >= 15 is 0 Å². The number of halogens is 3. The molecule has 2 aromatic carbocycles. The molecule has 3 aromatic rings. The van der Waals surface area contributed by atoms with Gasteiger partial charge in [0.05, 0.1) is 4.47 Å². The Labute approximate surface area is 167 Å². The van der Waals surface area contributed by atoms with E-state index in [9.17, 15) is 0 Å². The first-order valence-corrected chi connectivity index (χ1v) is 9.81. The first-order chi connectivity index (χ1) is 11.5. The van der Waals surface area contributed by atoms with Crippen LogP contribution >= 0.6 is 47.8 Å². The highest BCUT2D eigenvalue weighted by molar-refractivity contribution is 9.11. The third-order valence-electron chi connectivity index (χ3n) is 3.63. The maximum atomic E-state index is 6.29. The highest BCUT2D eigenvalue weighted by Gasteiger charge is 2.21. The van der Waals surface area contributed by atoms with Crippen LogP contribution in [0.3, 0.4) is 0 Å². The normalized spacial score (nSPS) is 11.2. The number of hydrogen-bond acceptors (Lipinski definition) is 2. The minimum absolute atomic E-state index is 0.798. The van der Waals surface area contributed by atoms with Crippen molar-refractivity contribution >= 4 is 47.8 Å². The van der Waals surface area contributed by atoms with Gasteiger partial charge in [-0.1, -0.05) is 56.1 Å². The van der Waals surface area contributed by atoms with Gasteiger partial charge in [0.2, 0.25) is 0 Å². The molecule has 0 amide bonds. The highest BCUT2D eigenvalue weighted by Crippen LogP contribution is 2.41. The third-order valence-corrected chi connectivity index (χ3v) is 5.53. The Morgan fingerprint density at radius 2 is 1.21 bits per heavy atom. The van der Waals surface area contributed by atoms with Crippen molar-refractivity contribution < 1.29 is 4.42 Å². The summed E-state index contributed by atoms with van der Waals surface area (Å²) in [4.78, 5) is 2.14. The van der Waals surface area contributed by atoms with Crippen molar-refractivity contribution in [2.45, 2.75) is 6.54 Å². The molecular weight excluding hydrogens is 498 g/mol. The molecular formula is C19H16Br3NO. The summed E-state index contributed by atoms with van der Waals surface area (Å²) in [6, 6.07) is 16.4. The van der Waals surface area contributed by atoms with E-state index in [1.54, 1.807) is 0 Å². The average molecular weight is 514 g/mol. The van der Waals surface area contributed by atoms with Gasteiger partial charge in [0.1, 0.15) is 11.5 Å². The predicted octanol–water partition coefficient (Wildman–Crippen LogP) is 6.96. The second-order valence-electron chi connectivity index (χ2n) is 5.80. The van der Waals surface area contributed by atoms with E-state index in [0.29, 0.717) is 0 Å². The van der Waals surface area contributed by atoms with Gasteiger partial charge in [-0.05, 0) is 54.3 Å². The molecule has 0 spiro atoms. The molecule has 1 heterocycles. The fourth-order valence-corrected chi connectivity index (χ4v) is 3.67. The van der Waals surface area contributed by atoms with Crippen molar-refractivity contribution in [2.24, 2.45) is 0 Å². The van der Waals surface area contributed by atoms with E-state index in [2.05, 4.69) is 91.1 Å². The summed E-state index contributed by atoms with van der Waals surface area (Å²) in [5.74, 6) is 1.76. The van der Waals surface area contributed by atoms with Crippen molar-refractivity contribution in [2.75, 3.05) is 14.1 Å². The van der Waals surface area contributed by atoms with Gasteiger partial charge in [-0.3, -0.25) is 0 Å². The van der Waals surface area contributed by atoms with Crippen LogP contribution in [0.15, 0.2) is 66.4 Å². The van der Waals surface area contributed by atoms with Crippen LogP contribution in [0.25, 0.3) is 22.6 Å². The summed E-state index contributed by atoms with van der Waals surface area (Å²) in [6.45, 7) is 0.798. The van der Waals surface area contributed by atoms with Gasteiger partial charge in [-0.15, -0.1) is 0 Å². The molecule has 2 nitrogen and oxygen atoms in total. The van der Waals surface area contributed by atoms with E-state index in [4.69, 9.17) is 4.42 Å². The van der Waals surface area contributed by atoms with Crippen LogP contribution in [0.1, 0.15) is 5.56 Å². The molecule has 0 saturated carbocycles. The summed E-state index contributed by atoms with van der Waals surface area (Å²) in [5.41, 5.74) is 3.27. The third kappa shape index (κ3) is 3.85. The van der Waals surface area contributed by atoms with Crippen molar-refractivity contribution in [3.05, 3.63) is 67.5 Å². The minimum Gasteiger partial charge on any atom is -0.455 e. The molecule has 0 aliphatic carbocycles. The lowest BCUT2D eigenvalue weighted by Crippen LogP contribution is -2.11. The average Bonchev–Trinajstić information content (AvgIpc) is 2.86. The smallest absolute Gasteiger partial charge is 0.149 e. The zero-order valence-corrected chi connectivity index (χ0v) is 18.1. The van der Waals surface area contributed by atoms with Gasteiger partial charge >= 0.3 is 0 Å². The van der Waals surface area contributed by atoms with Crippen molar-refractivity contribution in [1.29, 1.82) is 0 Å². The molecule has 0 atom stereocenters. The molecule has 0 N–H and O–H groups in total. The van der Waals surface area contributed by atoms with E-state index in [1.165, 1.54) is 0 Å². The number of furan rings is 1. The maximum absolute atomic E-state index is 6.29. The molecule has 0 radical (unpaired) electrons. The fourth-order valence-electron chi connectivity index (χ4n) is 2.52. The maximum Gasteiger partial charge on any atom is 0.149 e. The zero-order chi connectivity index (χ0) is 17.3. The van der Waals surface area contributed by atoms with Gasteiger partial charge in [0, 0.05) is 32.2 Å². The summed E-state index contributed by atoms with van der Waals surface area (Å²) in [6.07, 6.45) is 0. The van der Waals surface area contributed by atoms with Gasteiger partial charge in [-0.2, -0.15) is 0 Å². The van der Waals surface area contributed by atoms with Gasteiger partial charge in [-0.25, -0.2) is 0 Å². The van der Waals surface area contributed by atoms with Crippen molar-refractivity contribution in [1.82, 2.24) is 4.90 Å². The van der Waals surface area contributed by atoms with E-state index in [0.717, 1.165) is 48.2 Å². The van der Waals surface area contributed by atoms with Gasteiger partial charge in [0.25, 0.3) is 0 Å². The van der Waals surface area contributed by atoms with E-state index in [-0.39, 0.29) is 0 Å². The SMILES string of the molecule is CN(C)Cc1c(-c2ccc(Br)cc2)oc(-c2ccc(Br)cc2)c1Br. The van der Waals surface area contributed by atoms with E-state index < -0.39 is 0 Å². The van der Waals surface area contributed by atoms with Crippen molar-refractivity contribution in [3.63, 3.8) is 0 Å². The molecule has 3 rings (SSSR count). The van der Waals surface area contributed by atoms with Gasteiger partial charge in [0.15, 0.2) is 0 Å². The first-order valence-electron chi connectivity index (χ1n) is 7.43. The largest absolute Gasteiger partial charge is 0.455 e. The molecule has 0 aliphatic rings. The molecule has 5 heteroatoms. The molecule has 0 fully saturated rings. The van der Waals surface area contributed by atoms with Gasteiger partial charge < -0.3 is 9.32 Å². The first kappa shape index (κ1) is 17.9. The number of rotatable bonds is 4. The van der Waals surface area contributed by atoms with Crippen LogP contribution < -0.4 is 0 Å². The van der Waals surface area contributed by atoms with Crippen LogP contribution in [0.2, 0.25) is 0 Å². The van der Waals surface area contributed by atoms with Crippen molar-refractivity contribution in [3.8, 4) is 22.6 Å². The van der Waals surface area contributed by atoms with Crippen LogP contribution in [-0.4, -0.2) is 19.0 Å². The summed E-state index contributed by atoms with van der Waals surface area (Å²) in [5, 5.41) is 0. The molecule has 0 saturated heterocycles. The predicted molar refractivity (Wildman–Crippen MR) is 110 cm³/mol. The second-order valence-corrected chi connectivity index (χ2v) is 8.43. The number of benzene rings is 2. The Balaban J connectivity index is 2.15. The van der Waals surface area contributed by atoms with Crippen LogP contribution in [0, 0.1) is 0 Å². The standard InChI is InChI=1S/C19H16Br3NO/c1-23(2)11-16-17(22)19(13-5-9-15(21)10-6-13)24-18(16)12-3-7-14(20)8-4-12/h3-10H,11H2,1-2H3. The fraction of sp³-hybridized carbons (Fsp3) is 0.158. The molecule has 0 unspecified atom stereocenters. The minimum atomic E-state index is 0.798. The van der Waals surface area contributed by atoms with Crippen LogP contribution in [0.4, 0.5) is 0 Å². The summed E-state index contributed by atoms with van der Waals surface area (Å²) in [7, 11) is 4.12. The Morgan fingerprint density at radius 1 is 0.750 bits per heavy atom. The lowest BCUT2D eigenvalue weighted by molar-refractivity contribution is 0.400. The monoisotopic (exact) mass is 511 g/mol. The molecule has 0 aliphatic heterocycles. The lowest BCUT2D eigenvalue weighted by atomic mass is 10.1. The number of hydrogen-bond donors (Lipinski definition) is 0. The topological polar surface area (TPSA) is 16.4 Å². The Kier molecular flexibility index (Phi) is 5.65. The molecule has 124 valence electrons. The summed E-state index contributed by atoms with van der Waals surface area (Å²) < 4.78 is 9.41.